The molecular formula is C36H54NO10P. The molecule has 0 aromatic heterocycles. The van der Waals surface area contributed by atoms with Crippen molar-refractivity contribution in [2.45, 2.75) is 90.2 Å². The molecule has 268 valence electrons. The van der Waals surface area contributed by atoms with E-state index < -0.39 is 57.7 Å². The van der Waals surface area contributed by atoms with Crippen LogP contribution in [0.25, 0.3) is 0 Å². The van der Waals surface area contributed by atoms with E-state index >= 15 is 0 Å². The van der Waals surface area contributed by atoms with Crippen LogP contribution in [0.1, 0.15) is 78.1 Å². The number of aliphatic carboxylic acids is 1. The Labute approximate surface area is 285 Å². The Bertz CT molecular complexity index is 1180. The number of esters is 2. The van der Waals surface area contributed by atoms with E-state index in [4.69, 9.17) is 24.8 Å². The fraction of sp³-hybridized carbons (Fsp3) is 0.472. The van der Waals surface area contributed by atoms with Crippen molar-refractivity contribution < 1.29 is 47.5 Å². The number of nitrogens with two attached hydrogens (primary N) is 1. The van der Waals surface area contributed by atoms with Crippen LogP contribution < -0.4 is 5.73 Å². The highest BCUT2D eigenvalue weighted by molar-refractivity contribution is 7.47. The maximum absolute atomic E-state index is 12.5. The average molecular weight is 692 g/mol. The Morgan fingerprint density at radius 1 is 0.667 bits per heavy atom. The summed E-state index contributed by atoms with van der Waals surface area (Å²) < 4.78 is 32.2. The molecule has 0 amide bonds. The summed E-state index contributed by atoms with van der Waals surface area (Å²) in [6.07, 6.45) is 36.7. The molecule has 0 rings (SSSR count). The van der Waals surface area contributed by atoms with Gasteiger partial charge in [0, 0.05) is 12.8 Å². The summed E-state index contributed by atoms with van der Waals surface area (Å²) in [6.45, 7) is 2.33. The van der Waals surface area contributed by atoms with Gasteiger partial charge in [-0.2, -0.15) is 0 Å². The summed E-state index contributed by atoms with van der Waals surface area (Å²) in [6, 6.07) is -1.54. The molecule has 12 heteroatoms. The van der Waals surface area contributed by atoms with Gasteiger partial charge in [0.05, 0.1) is 13.2 Å². The minimum Gasteiger partial charge on any atom is -0.480 e. The van der Waals surface area contributed by atoms with Crippen LogP contribution in [0.4, 0.5) is 0 Å². The second-order valence-electron chi connectivity index (χ2n) is 10.3. The molecule has 0 saturated carbocycles. The van der Waals surface area contributed by atoms with E-state index in [0.29, 0.717) is 25.7 Å². The number of ether oxygens (including phenoxy) is 2. The first-order valence-electron chi connectivity index (χ1n) is 16.3. The van der Waals surface area contributed by atoms with Gasteiger partial charge in [-0.1, -0.05) is 111 Å². The molecular weight excluding hydrogens is 637 g/mol. The predicted molar refractivity (Wildman–Crippen MR) is 189 cm³/mol. The fourth-order valence-electron chi connectivity index (χ4n) is 3.41. The fourth-order valence-corrected chi connectivity index (χ4v) is 4.19. The standard InChI is InChI=1S/C36H54NO10P/c1-3-5-7-9-11-13-15-16-18-20-22-24-26-28-35(39)47-32(30-45-48(42,43)46-31-33(37)36(40)41)29-44-34(38)27-25-23-21-19-17-14-12-10-8-6-4-2/h5-9,11-16,18-22,32-33H,3-4,10,17,23-31,37H2,1-2H3,(H,40,41)(H,42,43)/b7-5+,8-6+,11-9+,14-12+,15-13+,18-16+,21-19+,22-20+/t32?,33-/m0/s1. The number of phosphoric acid groups is 1. The summed E-state index contributed by atoms with van der Waals surface area (Å²) in [4.78, 5) is 45.5. The first-order valence-corrected chi connectivity index (χ1v) is 17.8. The van der Waals surface area contributed by atoms with Crippen molar-refractivity contribution in [3.8, 4) is 0 Å². The SMILES string of the molecule is CC/C=C/C=C/C=C/C=C/C=C/CCCC(=O)OC(COC(=O)CCC/C=C/C/C=C/C/C=C/CC)COP(=O)(O)OC[C@H](N)C(=O)O. The lowest BCUT2D eigenvalue weighted by Crippen LogP contribution is -2.34. The number of unbranched alkanes of at least 4 members (excludes halogenated alkanes) is 2. The van der Waals surface area contributed by atoms with E-state index in [1.165, 1.54) is 0 Å². The van der Waals surface area contributed by atoms with Gasteiger partial charge < -0.3 is 25.2 Å². The minimum absolute atomic E-state index is 0.0478. The lowest BCUT2D eigenvalue weighted by molar-refractivity contribution is -0.161. The first-order chi connectivity index (χ1) is 23.1. The van der Waals surface area contributed by atoms with Crippen LogP contribution in [0.3, 0.4) is 0 Å². The number of carboxylic acid groups (broad SMARTS) is 1. The van der Waals surface area contributed by atoms with Gasteiger partial charge in [-0.05, 0) is 51.4 Å². The minimum atomic E-state index is -4.74. The van der Waals surface area contributed by atoms with Crippen LogP contribution in [-0.2, 0) is 37.5 Å². The molecule has 0 saturated heterocycles. The maximum atomic E-state index is 12.5. The quantitative estimate of drug-likeness (QED) is 0.0246. The van der Waals surface area contributed by atoms with Crippen LogP contribution in [0.2, 0.25) is 0 Å². The van der Waals surface area contributed by atoms with Crippen molar-refractivity contribution >= 4 is 25.7 Å². The molecule has 0 bridgehead atoms. The highest BCUT2D eigenvalue weighted by Crippen LogP contribution is 2.43. The Morgan fingerprint density at radius 2 is 1.17 bits per heavy atom. The summed E-state index contributed by atoms with van der Waals surface area (Å²) in [5, 5.41) is 8.82. The zero-order valence-corrected chi connectivity index (χ0v) is 29.2. The molecule has 0 aliphatic heterocycles. The maximum Gasteiger partial charge on any atom is 0.472 e. The molecule has 2 unspecified atom stereocenters. The summed E-state index contributed by atoms with van der Waals surface area (Å²) in [7, 11) is -4.74. The summed E-state index contributed by atoms with van der Waals surface area (Å²) in [5.41, 5.74) is 5.29. The lowest BCUT2D eigenvalue weighted by Gasteiger charge is -2.20. The predicted octanol–water partition coefficient (Wildman–Crippen LogP) is 7.38. The molecule has 0 spiro atoms. The molecule has 4 N–H and O–H groups in total. The van der Waals surface area contributed by atoms with Gasteiger partial charge >= 0.3 is 25.7 Å². The van der Waals surface area contributed by atoms with Crippen LogP contribution in [0.15, 0.2) is 97.2 Å². The Kier molecular flexibility index (Phi) is 28.4. The second kappa shape index (κ2) is 30.7. The summed E-state index contributed by atoms with van der Waals surface area (Å²) in [5.74, 6) is -2.57. The Hall–Kier alpha value is -3.60. The molecule has 0 heterocycles. The van der Waals surface area contributed by atoms with E-state index in [0.717, 1.165) is 25.7 Å². The number of carboxylic acids is 1. The zero-order chi connectivity index (χ0) is 35.7. The van der Waals surface area contributed by atoms with E-state index in [1.807, 2.05) is 66.8 Å². The van der Waals surface area contributed by atoms with Crippen molar-refractivity contribution in [3.05, 3.63) is 97.2 Å². The number of phosphoric ester groups is 1. The largest absolute Gasteiger partial charge is 0.480 e. The smallest absolute Gasteiger partial charge is 0.472 e. The van der Waals surface area contributed by atoms with Gasteiger partial charge in [0.1, 0.15) is 12.6 Å². The van der Waals surface area contributed by atoms with Gasteiger partial charge in [0.25, 0.3) is 0 Å². The number of rotatable bonds is 28. The molecule has 0 aromatic carbocycles. The van der Waals surface area contributed by atoms with Crippen molar-refractivity contribution in [2.75, 3.05) is 19.8 Å². The summed E-state index contributed by atoms with van der Waals surface area (Å²) >= 11 is 0. The van der Waals surface area contributed by atoms with Crippen molar-refractivity contribution in [1.82, 2.24) is 0 Å². The van der Waals surface area contributed by atoms with Gasteiger partial charge in [-0.3, -0.25) is 23.4 Å². The zero-order valence-electron chi connectivity index (χ0n) is 28.3. The van der Waals surface area contributed by atoms with Gasteiger partial charge in [-0.25, -0.2) is 4.57 Å². The molecule has 11 nitrogen and oxygen atoms in total. The number of hydrogen-bond donors (Lipinski definition) is 3. The van der Waals surface area contributed by atoms with Crippen LogP contribution in [-0.4, -0.2) is 59.9 Å². The number of allylic oxidation sites excluding steroid dienone is 16. The molecule has 0 aliphatic carbocycles. The van der Waals surface area contributed by atoms with Crippen LogP contribution in [0, 0.1) is 0 Å². The Morgan fingerprint density at radius 3 is 1.77 bits per heavy atom. The van der Waals surface area contributed by atoms with Gasteiger partial charge in [0.2, 0.25) is 0 Å². The van der Waals surface area contributed by atoms with Crippen molar-refractivity contribution in [2.24, 2.45) is 5.73 Å². The average Bonchev–Trinajstić information content (AvgIpc) is 3.05. The highest BCUT2D eigenvalue weighted by Gasteiger charge is 2.28. The third-order valence-corrected chi connectivity index (χ3v) is 6.91. The van der Waals surface area contributed by atoms with Gasteiger partial charge in [0.15, 0.2) is 6.10 Å². The van der Waals surface area contributed by atoms with E-state index in [1.54, 1.807) is 0 Å². The molecule has 48 heavy (non-hydrogen) atoms. The van der Waals surface area contributed by atoms with E-state index in [2.05, 4.69) is 48.8 Å². The second-order valence-corrected chi connectivity index (χ2v) is 11.8. The van der Waals surface area contributed by atoms with Crippen molar-refractivity contribution in [1.29, 1.82) is 0 Å². The number of carbonyl (C=O) groups excluding carboxylic acids is 2. The first kappa shape index (κ1) is 44.4. The van der Waals surface area contributed by atoms with Crippen LogP contribution in [0.5, 0.6) is 0 Å². The molecule has 0 radical (unpaired) electrons. The lowest BCUT2D eigenvalue weighted by atomic mass is 10.2. The van der Waals surface area contributed by atoms with Crippen molar-refractivity contribution in [3.63, 3.8) is 0 Å². The molecule has 0 aromatic rings. The molecule has 3 atom stereocenters. The Balaban J connectivity index is 4.77. The third-order valence-electron chi connectivity index (χ3n) is 5.96. The third kappa shape index (κ3) is 29.8. The number of hydrogen-bond acceptors (Lipinski definition) is 9. The molecule has 0 aliphatic rings. The van der Waals surface area contributed by atoms with Gasteiger partial charge in [-0.15, -0.1) is 0 Å². The molecule has 0 fully saturated rings. The monoisotopic (exact) mass is 691 g/mol. The van der Waals surface area contributed by atoms with Crippen LogP contribution >= 0.6 is 7.82 Å². The normalized spacial score (nSPS) is 15.2. The number of carbonyl (C=O) groups is 3. The van der Waals surface area contributed by atoms with E-state index in [-0.39, 0.29) is 12.8 Å². The topological polar surface area (TPSA) is 172 Å². The highest BCUT2D eigenvalue weighted by atomic mass is 31.2. The van der Waals surface area contributed by atoms with E-state index in [9.17, 15) is 23.8 Å².